The third-order valence-corrected chi connectivity index (χ3v) is 7.06. The molecule has 0 aliphatic carbocycles. The monoisotopic (exact) mass is 660 g/mol. The zero-order valence-corrected chi connectivity index (χ0v) is 26.7. The fourth-order valence-electron chi connectivity index (χ4n) is 4.05. The van der Waals surface area contributed by atoms with Crippen molar-refractivity contribution in [3.05, 3.63) is 0 Å². The molecule has 15 N–H and O–H groups in total. The van der Waals surface area contributed by atoms with Crippen molar-refractivity contribution in [3.8, 4) is 0 Å². The van der Waals surface area contributed by atoms with Crippen LogP contribution in [0.4, 0.5) is 0 Å². The third-order valence-electron chi connectivity index (χ3n) is 6.66. The van der Waals surface area contributed by atoms with E-state index in [1.165, 1.54) is 0 Å². The standard InChI is InChI=1S/C27H52N10O7S/c28-10-4-1-7-17(15-38)34-26(43)20(9-3-6-12-30)37-27(44)19(8-2-5-11-29)35-22(39)13-21(24(32)41)36-23(40)14-33-25(42)18(31)16-45/h15,17-21,45H,1-14,16,28-31H2,(H2,32,41)(H,33,42)(H,34,43)(H,35,39)(H,36,40)(H,37,44). The van der Waals surface area contributed by atoms with E-state index in [0.717, 1.165) is 0 Å². The predicted octanol–water partition coefficient (Wildman–Crippen LogP) is -4.24. The Balaban J connectivity index is 5.55. The summed E-state index contributed by atoms with van der Waals surface area (Å²) < 4.78 is 0. The van der Waals surface area contributed by atoms with E-state index in [-0.39, 0.29) is 18.6 Å². The fourth-order valence-corrected chi connectivity index (χ4v) is 4.22. The van der Waals surface area contributed by atoms with Crippen LogP contribution in [0.3, 0.4) is 0 Å². The van der Waals surface area contributed by atoms with Crippen LogP contribution < -0.4 is 55.3 Å². The Bertz CT molecular complexity index is 959. The first kappa shape index (κ1) is 41.7. The summed E-state index contributed by atoms with van der Waals surface area (Å²) in [6, 6.07) is -5.28. The SMILES string of the molecule is NCCCCC(C=O)NC(=O)C(CCCCN)NC(=O)C(CCCCN)NC(=O)CC(NC(=O)CNC(=O)C(N)CS)C(N)=O. The molecular formula is C27H52N10O7S. The maximum absolute atomic E-state index is 13.4. The number of amides is 6. The molecule has 0 aliphatic heterocycles. The van der Waals surface area contributed by atoms with Gasteiger partial charge in [-0.25, -0.2) is 0 Å². The first-order chi connectivity index (χ1) is 21.4. The van der Waals surface area contributed by atoms with Crippen LogP contribution in [0.5, 0.6) is 0 Å². The van der Waals surface area contributed by atoms with Gasteiger partial charge in [0.1, 0.15) is 24.4 Å². The Morgan fingerprint density at radius 3 is 1.62 bits per heavy atom. The number of thiol groups is 1. The van der Waals surface area contributed by atoms with Gasteiger partial charge in [0.2, 0.25) is 35.4 Å². The summed E-state index contributed by atoms with van der Waals surface area (Å²) in [5.74, 6) is -4.41. The molecule has 5 atom stereocenters. The summed E-state index contributed by atoms with van der Waals surface area (Å²) in [6.07, 6.45) is 4.23. The quantitative estimate of drug-likeness (QED) is 0.0240. The molecule has 0 aromatic heterocycles. The maximum Gasteiger partial charge on any atom is 0.243 e. The van der Waals surface area contributed by atoms with Crippen LogP contribution in [0.2, 0.25) is 0 Å². The molecule has 0 saturated heterocycles. The van der Waals surface area contributed by atoms with E-state index in [4.69, 9.17) is 28.7 Å². The molecule has 0 fully saturated rings. The van der Waals surface area contributed by atoms with Crippen molar-refractivity contribution in [1.82, 2.24) is 26.6 Å². The number of nitrogens with two attached hydrogens (primary N) is 5. The molecule has 0 aliphatic rings. The van der Waals surface area contributed by atoms with Gasteiger partial charge in [-0.1, -0.05) is 0 Å². The highest BCUT2D eigenvalue weighted by Gasteiger charge is 2.29. The Hall–Kier alpha value is -3.32. The van der Waals surface area contributed by atoms with Crippen LogP contribution >= 0.6 is 12.6 Å². The van der Waals surface area contributed by atoms with Gasteiger partial charge in [-0.3, -0.25) is 28.8 Å². The van der Waals surface area contributed by atoms with E-state index in [1.807, 2.05) is 0 Å². The number of hydrogen-bond donors (Lipinski definition) is 11. The molecule has 17 nitrogen and oxygen atoms in total. The second kappa shape index (κ2) is 24.9. The molecule has 5 unspecified atom stereocenters. The van der Waals surface area contributed by atoms with Crippen molar-refractivity contribution in [2.24, 2.45) is 28.7 Å². The summed E-state index contributed by atoms with van der Waals surface area (Å²) in [7, 11) is 0. The van der Waals surface area contributed by atoms with Gasteiger partial charge in [-0.05, 0) is 77.4 Å². The predicted molar refractivity (Wildman–Crippen MR) is 171 cm³/mol. The number of carbonyl (C=O) groups excluding carboxylic acids is 7. The average Bonchev–Trinajstić information content (AvgIpc) is 3.01. The van der Waals surface area contributed by atoms with Gasteiger partial charge in [0, 0.05) is 5.75 Å². The van der Waals surface area contributed by atoms with Crippen LogP contribution in [0, 0.1) is 0 Å². The van der Waals surface area contributed by atoms with Crippen LogP contribution in [0.25, 0.3) is 0 Å². The Morgan fingerprint density at radius 2 is 1.13 bits per heavy atom. The molecule has 0 aromatic rings. The van der Waals surface area contributed by atoms with E-state index in [0.29, 0.717) is 70.9 Å². The summed E-state index contributed by atoms with van der Waals surface area (Å²) in [5.41, 5.74) is 27.6. The highest BCUT2D eigenvalue weighted by Crippen LogP contribution is 2.07. The molecule has 0 spiro atoms. The van der Waals surface area contributed by atoms with Gasteiger partial charge < -0.3 is 60.0 Å². The first-order valence-corrected chi connectivity index (χ1v) is 15.8. The first-order valence-electron chi connectivity index (χ1n) is 15.1. The molecule has 6 amide bonds. The van der Waals surface area contributed by atoms with Crippen molar-refractivity contribution in [2.75, 3.05) is 31.9 Å². The summed E-state index contributed by atoms with van der Waals surface area (Å²) in [4.78, 5) is 86.9. The number of primary amides is 1. The number of hydrogen-bond acceptors (Lipinski definition) is 12. The van der Waals surface area contributed by atoms with Gasteiger partial charge in [0.15, 0.2) is 0 Å². The van der Waals surface area contributed by atoms with E-state index >= 15 is 0 Å². The maximum atomic E-state index is 13.4. The van der Waals surface area contributed by atoms with Crippen molar-refractivity contribution in [1.29, 1.82) is 0 Å². The second-order valence-corrected chi connectivity index (χ2v) is 10.9. The van der Waals surface area contributed by atoms with Gasteiger partial charge in [0.05, 0.1) is 25.0 Å². The molecule has 258 valence electrons. The number of rotatable bonds is 26. The minimum atomic E-state index is -1.45. The molecule has 0 aromatic carbocycles. The van der Waals surface area contributed by atoms with E-state index in [2.05, 4.69) is 39.2 Å². The molecule has 18 heteroatoms. The van der Waals surface area contributed by atoms with Gasteiger partial charge >= 0.3 is 0 Å². The highest BCUT2D eigenvalue weighted by molar-refractivity contribution is 7.80. The van der Waals surface area contributed by atoms with Crippen LogP contribution in [0.15, 0.2) is 0 Å². The smallest absolute Gasteiger partial charge is 0.243 e. The van der Waals surface area contributed by atoms with E-state index in [9.17, 15) is 33.6 Å². The van der Waals surface area contributed by atoms with Crippen LogP contribution in [-0.4, -0.2) is 104 Å². The lowest BCUT2D eigenvalue weighted by molar-refractivity contribution is -0.134. The normalized spacial score (nSPS) is 14.2. The van der Waals surface area contributed by atoms with Crippen molar-refractivity contribution < 1.29 is 33.6 Å². The molecule has 0 saturated carbocycles. The molecule has 0 radical (unpaired) electrons. The molecular weight excluding hydrogens is 608 g/mol. The van der Waals surface area contributed by atoms with Crippen molar-refractivity contribution >= 4 is 54.4 Å². The highest BCUT2D eigenvalue weighted by atomic mass is 32.1. The number of nitrogens with one attached hydrogen (secondary N) is 5. The van der Waals surface area contributed by atoms with Gasteiger partial charge in [-0.15, -0.1) is 0 Å². The number of unbranched alkanes of at least 4 members (excludes halogenated alkanes) is 3. The second-order valence-electron chi connectivity index (χ2n) is 10.5. The lowest BCUT2D eigenvalue weighted by Gasteiger charge is -2.25. The van der Waals surface area contributed by atoms with Crippen molar-refractivity contribution in [3.63, 3.8) is 0 Å². The average molecular weight is 661 g/mol. The van der Waals surface area contributed by atoms with Crippen LogP contribution in [-0.2, 0) is 33.6 Å². The summed E-state index contributed by atoms with van der Waals surface area (Å²) in [6.45, 7) is 0.644. The number of aldehydes is 1. The Morgan fingerprint density at radius 1 is 0.644 bits per heavy atom. The fraction of sp³-hybridized carbons (Fsp3) is 0.741. The summed E-state index contributed by atoms with van der Waals surface area (Å²) >= 11 is 3.90. The van der Waals surface area contributed by atoms with Gasteiger partial charge in [0.25, 0.3) is 0 Å². The molecule has 0 heterocycles. The van der Waals surface area contributed by atoms with E-state index < -0.39 is 78.6 Å². The third kappa shape index (κ3) is 18.9. The largest absolute Gasteiger partial charge is 0.368 e. The molecule has 45 heavy (non-hydrogen) atoms. The van der Waals surface area contributed by atoms with Crippen molar-refractivity contribution in [2.45, 2.75) is 94.4 Å². The summed E-state index contributed by atoms with van der Waals surface area (Å²) in [5, 5.41) is 12.4. The number of carbonyl (C=O) groups is 7. The van der Waals surface area contributed by atoms with E-state index in [1.54, 1.807) is 0 Å². The topological polar surface area (TPSA) is 310 Å². The minimum Gasteiger partial charge on any atom is -0.368 e. The minimum absolute atomic E-state index is 0.0468. The zero-order valence-electron chi connectivity index (χ0n) is 25.8. The molecule has 0 rings (SSSR count). The zero-order chi connectivity index (χ0) is 34.2. The lowest BCUT2D eigenvalue weighted by atomic mass is 10.0. The van der Waals surface area contributed by atoms with Crippen LogP contribution in [0.1, 0.15) is 64.2 Å². The Labute approximate surface area is 269 Å². The lowest BCUT2D eigenvalue weighted by Crippen LogP contribution is -2.56. The molecule has 0 bridgehead atoms. The Kier molecular flexibility index (Phi) is 23.1. The van der Waals surface area contributed by atoms with Gasteiger partial charge in [-0.2, -0.15) is 12.6 Å².